The van der Waals surface area contributed by atoms with Gasteiger partial charge in [0, 0.05) is 12.8 Å². The van der Waals surface area contributed by atoms with Gasteiger partial charge in [-0.15, -0.1) is 0 Å². The fraction of sp³-hybridized carbons (Fsp3) is 0.455. The Hall–Kier alpha value is -0.950. The molecule has 2 unspecified atom stereocenters. The zero-order valence-corrected chi connectivity index (χ0v) is 10.6. The molecule has 1 rings (SSSR count). The lowest BCUT2D eigenvalue weighted by Crippen LogP contribution is -2.29. The minimum Gasteiger partial charge on any atom is -0.389 e. The van der Waals surface area contributed by atoms with Crippen molar-refractivity contribution in [1.29, 1.82) is 0 Å². The van der Waals surface area contributed by atoms with Crippen LogP contribution in [0.4, 0.5) is 0 Å². The summed E-state index contributed by atoms with van der Waals surface area (Å²) in [6, 6.07) is 5.83. The first-order valence-corrected chi connectivity index (χ1v) is 7.06. The zero-order valence-electron chi connectivity index (χ0n) is 9.79. The van der Waals surface area contributed by atoms with E-state index in [1.165, 1.54) is 24.3 Å². The average molecular weight is 259 g/mol. The van der Waals surface area contributed by atoms with Crippen molar-refractivity contribution >= 4 is 9.84 Å². The molecule has 0 fully saturated rings. The first-order valence-electron chi connectivity index (χ1n) is 5.17. The van der Waals surface area contributed by atoms with E-state index in [9.17, 15) is 18.6 Å². The minimum atomic E-state index is -3.23. The van der Waals surface area contributed by atoms with Gasteiger partial charge in [0.15, 0.2) is 9.84 Å². The topological polar surface area (TPSA) is 86.6 Å². The first kappa shape index (κ1) is 14.1. The Morgan fingerprint density at radius 3 is 2.18 bits per heavy atom. The van der Waals surface area contributed by atoms with Gasteiger partial charge in [0.2, 0.25) is 0 Å². The van der Waals surface area contributed by atoms with Gasteiger partial charge < -0.3 is 15.5 Å². The molecule has 0 aliphatic rings. The first-order chi connectivity index (χ1) is 7.86. The van der Waals surface area contributed by atoms with Gasteiger partial charge in [0.25, 0.3) is 0 Å². The van der Waals surface area contributed by atoms with Crippen LogP contribution in [0.3, 0.4) is 0 Å². The van der Waals surface area contributed by atoms with Crippen LogP contribution < -0.4 is 5.32 Å². The van der Waals surface area contributed by atoms with E-state index in [1.54, 1.807) is 7.05 Å². The maximum Gasteiger partial charge on any atom is 0.175 e. The van der Waals surface area contributed by atoms with Gasteiger partial charge in [-0.2, -0.15) is 0 Å². The molecule has 0 saturated heterocycles. The number of rotatable bonds is 5. The second kappa shape index (κ2) is 5.59. The summed E-state index contributed by atoms with van der Waals surface area (Å²) in [6.45, 7) is 0.259. The molecule has 2 atom stereocenters. The van der Waals surface area contributed by atoms with Crippen LogP contribution in [-0.4, -0.2) is 44.6 Å². The monoisotopic (exact) mass is 259 g/mol. The van der Waals surface area contributed by atoms with E-state index in [0.29, 0.717) is 5.56 Å². The largest absolute Gasteiger partial charge is 0.389 e. The summed E-state index contributed by atoms with van der Waals surface area (Å²) in [6.07, 6.45) is -0.839. The molecular formula is C11H17NO4S. The highest BCUT2D eigenvalue weighted by atomic mass is 32.2. The van der Waals surface area contributed by atoms with E-state index in [-0.39, 0.29) is 11.4 Å². The normalized spacial score (nSPS) is 15.5. The van der Waals surface area contributed by atoms with Crippen molar-refractivity contribution in [1.82, 2.24) is 5.32 Å². The lowest BCUT2D eigenvalue weighted by Gasteiger charge is -2.17. The van der Waals surface area contributed by atoms with Gasteiger partial charge in [-0.3, -0.25) is 0 Å². The van der Waals surface area contributed by atoms with E-state index in [1.807, 2.05) is 0 Å². The standard InChI is InChI=1S/C11H17NO4S/c1-12-7-10(13)11(14)8-3-5-9(6-4-8)17(2,15)16/h3-6,10-14H,7H2,1-2H3. The SMILES string of the molecule is CNCC(O)C(O)c1ccc(S(C)(=O)=O)cc1. The number of nitrogens with one attached hydrogen (secondary N) is 1. The maximum absolute atomic E-state index is 11.2. The van der Waals surface area contributed by atoms with Crippen molar-refractivity contribution < 1.29 is 18.6 Å². The van der Waals surface area contributed by atoms with E-state index in [2.05, 4.69) is 5.32 Å². The van der Waals surface area contributed by atoms with Crippen molar-refractivity contribution in [2.24, 2.45) is 0 Å². The summed E-state index contributed by atoms with van der Waals surface area (Å²) in [5.74, 6) is 0. The molecule has 1 aromatic carbocycles. The van der Waals surface area contributed by atoms with Gasteiger partial charge >= 0.3 is 0 Å². The van der Waals surface area contributed by atoms with Gasteiger partial charge in [-0.05, 0) is 24.7 Å². The second-order valence-corrected chi connectivity index (χ2v) is 5.93. The van der Waals surface area contributed by atoms with Crippen LogP contribution >= 0.6 is 0 Å². The average Bonchev–Trinajstić information content (AvgIpc) is 2.27. The Morgan fingerprint density at radius 1 is 1.24 bits per heavy atom. The van der Waals surface area contributed by atoms with Crippen LogP contribution in [0.2, 0.25) is 0 Å². The van der Waals surface area contributed by atoms with Gasteiger partial charge in [0.1, 0.15) is 6.10 Å². The molecule has 0 aliphatic heterocycles. The van der Waals surface area contributed by atoms with Crippen molar-refractivity contribution in [2.45, 2.75) is 17.1 Å². The van der Waals surface area contributed by atoms with E-state index in [4.69, 9.17) is 0 Å². The Kier molecular flexibility index (Phi) is 4.64. The molecule has 0 bridgehead atoms. The van der Waals surface area contributed by atoms with Gasteiger partial charge in [-0.1, -0.05) is 12.1 Å². The minimum absolute atomic E-state index is 0.191. The molecule has 5 nitrogen and oxygen atoms in total. The van der Waals surface area contributed by atoms with E-state index >= 15 is 0 Å². The molecule has 0 saturated carbocycles. The zero-order chi connectivity index (χ0) is 13.1. The summed E-state index contributed by atoms with van der Waals surface area (Å²) in [7, 11) is -1.56. The lowest BCUT2D eigenvalue weighted by atomic mass is 10.0. The van der Waals surface area contributed by atoms with Crippen LogP contribution in [0.15, 0.2) is 29.2 Å². The van der Waals surface area contributed by atoms with Crippen LogP contribution in [0, 0.1) is 0 Å². The number of hydrogen-bond acceptors (Lipinski definition) is 5. The van der Waals surface area contributed by atoms with Crippen molar-refractivity contribution in [3.63, 3.8) is 0 Å². The third kappa shape index (κ3) is 3.78. The van der Waals surface area contributed by atoms with Crippen LogP contribution in [0.1, 0.15) is 11.7 Å². The number of aliphatic hydroxyl groups excluding tert-OH is 2. The molecular weight excluding hydrogens is 242 g/mol. The van der Waals surface area contributed by atoms with Crippen molar-refractivity contribution in [2.75, 3.05) is 19.8 Å². The third-order valence-electron chi connectivity index (χ3n) is 2.43. The molecule has 0 radical (unpaired) electrons. The van der Waals surface area contributed by atoms with Crippen LogP contribution in [0.5, 0.6) is 0 Å². The Morgan fingerprint density at radius 2 is 1.76 bits per heavy atom. The fourth-order valence-corrected chi connectivity index (χ4v) is 2.09. The Bertz CT molecular complexity index is 455. The van der Waals surface area contributed by atoms with Crippen LogP contribution in [-0.2, 0) is 9.84 Å². The number of hydrogen-bond donors (Lipinski definition) is 3. The highest BCUT2D eigenvalue weighted by molar-refractivity contribution is 7.90. The third-order valence-corrected chi connectivity index (χ3v) is 3.56. The molecule has 0 heterocycles. The van der Waals surface area contributed by atoms with E-state index in [0.717, 1.165) is 6.26 Å². The van der Waals surface area contributed by atoms with Crippen molar-refractivity contribution in [3.8, 4) is 0 Å². The summed E-state index contributed by atoms with van der Waals surface area (Å²) in [4.78, 5) is 0.191. The number of sulfone groups is 1. The molecule has 0 amide bonds. The number of likely N-dealkylation sites (N-methyl/N-ethyl adjacent to an activating group) is 1. The quantitative estimate of drug-likeness (QED) is 0.676. The van der Waals surface area contributed by atoms with Crippen molar-refractivity contribution in [3.05, 3.63) is 29.8 Å². The predicted octanol–water partition coefficient (Wildman–Crippen LogP) is -0.296. The van der Waals surface area contributed by atoms with Gasteiger partial charge in [-0.25, -0.2) is 8.42 Å². The summed E-state index contributed by atoms with van der Waals surface area (Å²) < 4.78 is 22.5. The molecule has 3 N–H and O–H groups in total. The van der Waals surface area contributed by atoms with Gasteiger partial charge in [0.05, 0.1) is 11.0 Å². The highest BCUT2D eigenvalue weighted by Gasteiger charge is 2.18. The molecule has 0 spiro atoms. The molecule has 96 valence electrons. The fourth-order valence-electron chi connectivity index (χ4n) is 1.46. The smallest absolute Gasteiger partial charge is 0.175 e. The molecule has 6 heteroatoms. The summed E-state index contributed by atoms with van der Waals surface area (Å²) in [5.41, 5.74) is 0.486. The molecule has 17 heavy (non-hydrogen) atoms. The molecule has 0 aliphatic carbocycles. The summed E-state index contributed by atoms with van der Waals surface area (Å²) >= 11 is 0. The maximum atomic E-state index is 11.2. The number of aliphatic hydroxyl groups is 2. The number of benzene rings is 1. The van der Waals surface area contributed by atoms with E-state index < -0.39 is 22.0 Å². The lowest BCUT2D eigenvalue weighted by molar-refractivity contribution is 0.0202. The highest BCUT2D eigenvalue weighted by Crippen LogP contribution is 2.19. The Labute approximate surface area is 101 Å². The molecule has 0 aromatic heterocycles. The van der Waals surface area contributed by atoms with Crippen LogP contribution in [0.25, 0.3) is 0 Å². The second-order valence-electron chi connectivity index (χ2n) is 3.91. The Balaban J connectivity index is 2.88. The summed E-state index contributed by atoms with van der Waals surface area (Å²) in [5, 5.41) is 22.1. The predicted molar refractivity (Wildman–Crippen MR) is 64.4 cm³/mol. The molecule has 1 aromatic rings.